The summed E-state index contributed by atoms with van der Waals surface area (Å²) in [5.74, 6) is 0.756. The molecule has 136 valence electrons. The van der Waals surface area contributed by atoms with E-state index in [4.69, 9.17) is 10.5 Å². The van der Waals surface area contributed by atoms with Crippen molar-refractivity contribution in [2.45, 2.75) is 13.1 Å². The first kappa shape index (κ1) is 21.0. The summed E-state index contributed by atoms with van der Waals surface area (Å²) in [5, 5.41) is 2.95. The van der Waals surface area contributed by atoms with Crippen LogP contribution in [0.3, 0.4) is 0 Å². The molecule has 0 aliphatic rings. The molecule has 0 fully saturated rings. The Labute approximate surface area is 155 Å². The molecule has 0 radical (unpaired) electrons. The van der Waals surface area contributed by atoms with Gasteiger partial charge in [0.25, 0.3) is 0 Å². The summed E-state index contributed by atoms with van der Waals surface area (Å²) in [6.45, 7) is 2.68. The number of ether oxygens (including phenoxy) is 1. The Kier molecular flexibility index (Phi) is 9.62. The van der Waals surface area contributed by atoms with Crippen molar-refractivity contribution in [3.05, 3.63) is 65.7 Å². The number of hydrogen-bond acceptors (Lipinski definition) is 4. The Balaban J connectivity index is 0.00000312. The number of halogens is 1. The maximum absolute atomic E-state index is 12.3. The summed E-state index contributed by atoms with van der Waals surface area (Å²) in [7, 11) is 1.63. The van der Waals surface area contributed by atoms with E-state index >= 15 is 0 Å². The minimum atomic E-state index is -0.0229. The zero-order valence-corrected chi connectivity index (χ0v) is 15.3. The number of nitrogens with one attached hydrogen (secondary N) is 1. The Morgan fingerprint density at radius 1 is 1.12 bits per heavy atom. The topological polar surface area (TPSA) is 67.6 Å². The molecule has 0 aromatic heterocycles. The first-order chi connectivity index (χ1) is 11.7. The SMILES string of the molecule is COc1ccccc1CNC(=O)CN(CCN)Cc1ccccc1.Cl. The van der Waals surface area contributed by atoms with Crippen molar-refractivity contribution in [2.24, 2.45) is 5.73 Å². The van der Waals surface area contributed by atoms with Gasteiger partial charge in [0.15, 0.2) is 0 Å². The second-order valence-corrected chi connectivity index (χ2v) is 5.57. The van der Waals surface area contributed by atoms with Gasteiger partial charge in [-0.1, -0.05) is 48.5 Å². The van der Waals surface area contributed by atoms with Crippen LogP contribution in [-0.2, 0) is 17.9 Å². The minimum absolute atomic E-state index is 0. The maximum Gasteiger partial charge on any atom is 0.234 e. The summed E-state index contributed by atoms with van der Waals surface area (Å²) >= 11 is 0. The summed E-state index contributed by atoms with van der Waals surface area (Å²) in [5.41, 5.74) is 7.80. The third-order valence-electron chi connectivity index (χ3n) is 3.73. The lowest BCUT2D eigenvalue weighted by atomic mass is 10.2. The highest BCUT2D eigenvalue weighted by atomic mass is 35.5. The number of para-hydroxylation sites is 1. The van der Waals surface area contributed by atoms with E-state index in [1.54, 1.807) is 7.11 Å². The molecular formula is C19H26ClN3O2. The molecular weight excluding hydrogens is 338 g/mol. The summed E-state index contributed by atoms with van der Waals surface area (Å²) < 4.78 is 5.30. The largest absolute Gasteiger partial charge is 0.496 e. The number of amides is 1. The van der Waals surface area contributed by atoms with Gasteiger partial charge in [0.2, 0.25) is 5.91 Å². The lowest BCUT2D eigenvalue weighted by Crippen LogP contribution is -2.39. The molecule has 0 aliphatic carbocycles. The standard InChI is InChI=1S/C19H25N3O2.ClH/c1-24-18-10-6-5-9-17(18)13-21-19(23)15-22(12-11-20)14-16-7-3-2-4-8-16;/h2-10H,11-15,20H2,1H3,(H,21,23);1H. The fourth-order valence-electron chi connectivity index (χ4n) is 2.54. The first-order valence-electron chi connectivity index (χ1n) is 8.08. The smallest absolute Gasteiger partial charge is 0.234 e. The van der Waals surface area contributed by atoms with E-state index in [1.165, 1.54) is 5.56 Å². The highest BCUT2D eigenvalue weighted by Crippen LogP contribution is 2.16. The minimum Gasteiger partial charge on any atom is -0.496 e. The molecule has 0 spiro atoms. The van der Waals surface area contributed by atoms with Gasteiger partial charge in [0, 0.05) is 31.7 Å². The lowest BCUT2D eigenvalue weighted by molar-refractivity contribution is -0.122. The van der Waals surface area contributed by atoms with Crippen molar-refractivity contribution in [1.29, 1.82) is 0 Å². The molecule has 2 aromatic rings. The molecule has 0 bridgehead atoms. The van der Waals surface area contributed by atoms with Crippen LogP contribution in [0.5, 0.6) is 5.75 Å². The van der Waals surface area contributed by atoms with E-state index in [2.05, 4.69) is 17.4 Å². The average Bonchev–Trinajstić information content (AvgIpc) is 2.61. The number of nitrogens with two attached hydrogens (primary N) is 1. The summed E-state index contributed by atoms with van der Waals surface area (Å²) in [6.07, 6.45) is 0. The molecule has 3 N–H and O–H groups in total. The van der Waals surface area contributed by atoms with E-state index in [0.717, 1.165) is 11.3 Å². The van der Waals surface area contributed by atoms with Crippen molar-refractivity contribution in [1.82, 2.24) is 10.2 Å². The number of nitrogens with zero attached hydrogens (tertiary/aromatic N) is 1. The van der Waals surface area contributed by atoms with Crippen molar-refractivity contribution in [2.75, 3.05) is 26.7 Å². The van der Waals surface area contributed by atoms with Crippen LogP contribution in [0.25, 0.3) is 0 Å². The van der Waals surface area contributed by atoms with E-state index in [1.807, 2.05) is 47.4 Å². The van der Waals surface area contributed by atoms with Crippen LogP contribution in [0.2, 0.25) is 0 Å². The van der Waals surface area contributed by atoms with Crippen LogP contribution in [0.1, 0.15) is 11.1 Å². The van der Waals surface area contributed by atoms with Crippen molar-refractivity contribution in [3.63, 3.8) is 0 Å². The van der Waals surface area contributed by atoms with Crippen LogP contribution >= 0.6 is 12.4 Å². The summed E-state index contributed by atoms with van der Waals surface area (Å²) in [6, 6.07) is 17.8. The number of hydrogen-bond donors (Lipinski definition) is 2. The zero-order chi connectivity index (χ0) is 17.2. The normalized spacial score (nSPS) is 10.2. The lowest BCUT2D eigenvalue weighted by Gasteiger charge is -2.21. The number of carbonyl (C=O) groups excluding carboxylic acids is 1. The molecule has 2 aromatic carbocycles. The molecule has 2 rings (SSSR count). The van der Waals surface area contributed by atoms with Gasteiger partial charge in [-0.25, -0.2) is 0 Å². The second kappa shape index (κ2) is 11.5. The fraction of sp³-hybridized carbons (Fsp3) is 0.316. The van der Waals surface area contributed by atoms with E-state index in [0.29, 0.717) is 32.7 Å². The molecule has 5 nitrogen and oxygen atoms in total. The Morgan fingerprint density at radius 2 is 1.80 bits per heavy atom. The van der Waals surface area contributed by atoms with Gasteiger partial charge in [0.05, 0.1) is 13.7 Å². The van der Waals surface area contributed by atoms with E-state index in [9.17, 15) is 4.79 Å². The van der Waals surface area contributed by atoms with Crippen molar-refractivity contribution >= 4 is 18.3 Å². The molecule has 0 heterocycles. The highest BCUT2D eigenvalue weighted by molar-refractivity contribution is 5.85. The van der Waals surface area contributed by atoms with Gasteiger partial charge in [-0.05, 0) is 11.6 Å². The number of methoxy groups -OCH3 is 1. The molecule has 0 aliphatic heterocycles. The maximum atomic E-state index is 12.3. The molecule has 25 heavy (non-hydrogen) atoms. The Hall–Kier alpha value is -2.08. The van der Waals surface area contributed by atoms with Crippen LogP contribution in [0.15, 0.2) is 54.6 Å². The van der Waals surface area contributed by atoms with Gasteiger partial charge >= 0.3 is 0 Å². The van der Waals surface area contributed by atoms with Gasteiger partial charge < -0.3 is 15.8 Å². The molecule has 6 heteroatoms. The molecule has 0 atom stereocenters. The number of benzene rings is 2. The van der Waals surface area contributed by atoms with Crippen LogP contribution in [0.4, 0.5) is 0 Å². The zero-order valence-electron chi connectivity index (χ0n) is 14.5. The van der Waals surface area contributed by atoms with Crippen molar-refractivity contribution in [3.8, 4) is 5.75 Å². The predicted molar refractivity (Wildman–Crippen MR) is 103 cm³/mol. The van der Waals surface area contributed by atoms with Gasteiger partial charge in [0.1, 0.15) is 5.75 Å². The third kappa shape index (κ3) is 7.13. The number of rotatable bonds is 9. The molecule has 1 amide bonds. The van der Waals surface area contributed by atoms with Gasteiger partial charge in [-0.3, -0.25) is 9.69 Å². The quantitative estimate of drug-likeness (QED) is 0.716. The van der Waals surface area contributed by atoms with E-state index in [-0.39, 0.29) is 18.3 Å². The van der Waals surface area contributed by atoms with Crippen LogP contribution < -0.4 is 15.8 Å². The third-order valence-corrected chi connectivity index (χ3v) is 3.73. The Bertz CT molecular complexity index is 638. The van der Waals surface area contributed by atoms with Crippen LogP contribution in [0, 0.1) is 0 Å². The molecule has 0 saturated heterocycles. The highest BCUT2D eigenvalue weighted by Gasteiger charge is 2.11. The molecule has 0 unspecified atom stereocenters. The van der Waals surface area contributed by atoms with Gasteiger partial charge in [-0.2, -0.15) is 0 Å². The number of carbonyl (C=O) groups is 1. The van der Waals surface area contributed by atoms with Gasteiger partial charge in [-0.15, -0.1) is 12.4 Å². The second-order valence-electron chi connectivity index (χ2n) is 5.57. The first-order valence-corrected chi connectivity index (χ1v) is 8.08. The van der Waals surface area contributed by atoms with E-state index < -0.39 is 0 Å². The Morgan fingerprint density at radius 3 is 2.48 bits per heavy atom. The monoisotopic (exact) mass is 363 g/mol. The average molecular weight is 364 g/mol. The fourth-order valence-corrected chi connectivity index (χ4v) is 2.54. The molecule has 0 saturated carbocycles. The van der Waals surface area contributed by atoms with Crippen molar-refractivity contribution < 1.29 is 9.53 Å². The summed E-state index contributed by atoms with van der Waals surface area (Å²) in [4.78, 5) is 14.3. The van der Waals surface area contributed by atoms with Crippen LogP contribution in [-0.4, -0.2) is 37.6 Å². The predicted octanol–water partition coefficient (Wildman–Crippen LogP) is 2.19.